The lowest BCUT2D eigenvalue weighted by Gasteiger charge is -2.15. The molecule has 3 N–H and O–H groups in total. The molecule has 1 heterocycles. The second-order valence-electron chi connectivity index (χ2n) is 3.85. The van der Waals surface area contributed by atoms with Crippen molar-refractivity contribution in [1.29, 1.82) is 0 Å². The first-order valence-corrected chi connectivity index (χ1v) is 5.55. The van der Waals surface area contributed by atoms with Crippen molar-refractivity contribution in [2.24, 2.45) is 5.73 Å². The summed E-state index contributed by atoms with van der Waals surface area (Å²) in [6.45, 7) is 0.725. The van der Waals surface area contributed by atoms with Crippen LogP contribution in [0.25, 0.3) is 11.1 Å². The Kier molecular flexibility index (Phi) is 3.54. The molecular formula is C12H17N3O. The van der Waals surface area contributed by atoms with Gasteiger partial charge in [0.1, 0.15) is 5.52 Å². The second-order valence-corrected chi connectivity index (χ2v) is 3.85. The minimum Gasteiger partial charge on any atom is -0.443 e. The number of hydrogen-bond acceptors (Lipinski definition) is 4. The highest BCUT2D eigenvalue weighted by Gasteiger charge is 2.10. The Morgan fingerprint density at radius 2 is 2.38 bits per heavy atom. The molecular weight excluding hydrogens is 202 g/mol. The normalized spacial score (nSPS) is 13.1. The topological polar surface area (TPSA) is 64.1 Å². The Morgan fingerprint density at radius 1 is 1.50 bits per heavy atom. The average Bonchev–Trinajstić information content (AvgIpc) is 2.77. The first-order valence-electron chi connectivity index (χ1n) is 5.55. The fraction of sp³-hybridized carbons (Fsp3) is 0.417. The predicted molar refractivity (Wildman–Crippen MR) is 64.1 cm³/mol. The quantitative estimate of drug-likeness (QED) is 0.805. The SMILES string of the molecule is CNC(CCCN)c1ccc2ncoc2c1. The van der Waals surface area contributed by atoms with Crippen LogP contribution in [-0.2, 0) is 0 Å². The number of nitrogens with two attached hydrogens (primary N) is 1. The van der Waals surface area contributed by atoms with Crippen LogP contribution in [0.1, 0.15) is 24.4 Å². The molecule has 0 aliphatic heterocycles. The standard InChI is InChI=1S/C12H17N3O/c1-14-10(3-2-6-13)9-4-5-11-12(7-9)16-8-15-11/h4-5,7-8,10,14H,2-3,6,13H2,1H3. The molecule has 1 atom stereocenters. The maximum Gasteiger partial charge on any atom is 0.181 e. The van der Waals surface area contributed by atoms with Crippen LogP contribution in [0.3, 0.4) is 0 Å². The van der Waals surface area contributed by atoms with Crippen LogP contribution in [0.15, 0.2) is 29.0 Å². The van der Waals surface area contributed by atoms with Gasteiger partial charge in [0.05, 0.1) is 0 Å². The molecule has 16 heavy (non-hydrogen) atoms. The molecule has 0 radical (unpaired) electrons. The van der Waals surface area contributed by atoms with Crippen molar-refractivity contribution >= 4 is 11.1 Å². The fourth-order valence-electron chi connectivity index (χ4n) is 1.89. The lowest BCUT2D eigenvalue weighted by molar-refractivity contribution is 0.530. The van der Waals surface area contributed by atoms with E-state index in [9.17, 15) is 0 Å². The molecule has 1 aromatic carbocycles. The van der Waals surface area contributed by atoms with Crippen molar-refractivity contribution in [1.82, 2.24) is 10.3 Å². The molecule has 0 fully saturated rings. The van der Waals surface area contributed by atoms with Gasteiger partial charge in [0.2, 0.25) is 0 Å². The van der Waals surface area contributed by atoms with Crippen LogP contribution >= 0.6 is 0 Å². The van der Waals surface area contributed by atoms with E-state index in [0.717, 1.165) is 30.5 Å². The van der Waals surface area contributed by atoms with Gasteiger partial charge in [-0.05, 0) is 44.1 Å². The van der Waals surface area contributed by atoms with Crippen LogP contribution in [0.4, 0.5) is 0 Å². The third kappa shape index (κ3) is 2.23. The molecule has 4 nitrogen and oxygen atoms in total. The molecule has 0 aliphatic carbocycles. The number of nitrogens with one attached hydrogen (secondary N) is 1. The van der Waals surface area contributed by atoms with Crippen molar-refractivity contribution in [2.75, 3.05) is 13.6 Å². The predicted octanol–water partition coefficient (Wildman–Crippen LogP) is 1.83. The highest BCUT2D eigenvalue weighted by molar-refractivity contribution is 5.72. The Bertz CT molecular complexity index is 452. The van der Waals surface area contributed by atoms with Crippen LogP contribution in [0.2, 0.25) is 0 Å². The zero-order chi connectivity index (χ0) is 11.4. The molecule has 2 aromatic rings. The summed E-state index contributed by atoms with van der Waals surface area (Å²) in [5, 5.41) is 3.29. The van der Waals surface area contributed by atoms with E-state index in [2.05, 4.69) is 16.4 Å². The van der Waals surface area contributed by atoms with E-state index in [1.165, 1.54) is 12.0 Å². The summed E-state index contributed by atoms with van der Waals surface area (Å²) in [7, 11) is 1.96. The summed E-state index contributed by atoms with van der Waals surface area (Å²) in [5.41, 5.74) is 8.49. The number of fused-ring (bicyclic) bond motifs is 1. The first kappa shape index (κ1) is 11.1. The van der Waals surface area contributed by atoms with Gasteiger partial charge in [-0.2, -0.15) is 0 Å². The van der Waals surface area contributed by atoms with E-state index < -0.39 is 0 Å². The van der Waals surface area contributed by atoms with Gasteiger partial charge in [0, 0.05) is 6.04 Å². The summed E-state index contributed by atoms with van der Waals surface area (Å²) >= 11 is 0. The van der Waals surface area contributed by atoms with Gasteiger partial charge in [-0.1, -0.05) is 6.07 Å². The van der Waals surface area contributed by atoms with Crippen LogP contribution in [0, 0.1) is 0 Å². The number of nitrogens with zero attached hydrogens (tertiary/aromatic N) is 1. The molecule has 2 rings (SSSR count). The molecule has 4 heteroatoms. The molecule has 1 aromatic heterocycles. The maximum absolute atomic E-state index is 5.53. The van der Waals surface area contributed by atoms with E-state index in [1.807, 2.05) is 19.2 Å². The Morgan fingerprint density at radius 3 is 3.12 bits per heavy atom. The van der Waals surface area contributed by atoms with Gasteiger partial charge in [0.25, 0.3) is 0 Å². The smallest absolute Gasteiger partial charge is 0.181 e. The van der Waals surface area contributed by atoms with Crippen molar-refractivity contribution in [3.05, 3.63) is 30.2 Å². The van der Waals surface area contributed by atoms with Crippen molar-refractivity contribution in [2.45, 2.75) is 18.9 Å². The minimum absolute atomic E-state index is 0.332. The highest BCUT2D eigenvalue weighted by atomic mass is 16.3. The van der Waals surface area contributed by atoms with Gasteiger partial charge in [0.15, 0.2) is 12.0 Å². The average molecular weight is 219 g/mol. The number of oxazole rings is 1. The zero-order valence-corrected chi connectivity index (χ0v) is 9.44. The minimum atomic E-state index is 0.332. The lowest BCUT2D eigenvalue weighted by atomic mass is 10.0. The van der Waals surface area contributed by atoms with E-state index in [-0.39, 0.29) is 0 Å². The summed E-state index contributed by atoms with van der Waals surface area (Å²) in [4.78, 5) is 4.10. The third-order valence-electron chi connectivity index (χ3n) is 2.80. The van der Waals surface area contributed by atoms with Crippen LogP contribution in [0.5, 0.6) is 0 Å². The lowest BCUT2D eigenvalue weighted by Crippen LogP contribution is -2.17. The molecule has 0 spiro atoms. The van der Waals surface area contributed by atoms with Crippen LogP contribution in [-0.4, -0.2) is 18.6 Å². The molecule has 1 unspecified atom stereocenters. The molecule has 86 valence electrons. The number of rotatable bonds is 5. The van der Waals surface area contributed by atoms with Crippen molar-refractivity contribution in [3.63, 3.8) is 0 Å². The third-order valence-corrected chi connectivity index (χ3v) is 2.80. The van der Waals surface area contributed by atoms with Crippen molar-refractivity contribution in [3.8, 4) is 0 Å². The molecule has 0 saturated heterocycles. The molecule has 0 bridgehead atoms. The van der Waals surface area contributed by atoms with E-state index in [4.69, 9.17) is 10.2 Å². The molecule has 0 saturated carbocycles. The highest BCUT2D eigenvalue weighted by Crippen LogP contribution is 2.22. The summed E-state index contributed by atoms with van der Waals surface area (Å²) in [6, 6.07) is 6.45. The van der Waals surface area contributed by atoms with Gasteiger partial charge in [-0.3, -0.25) is 0 Å². The van der Waals surface area contributed by atoms with Crippen molar-refractivity contribution < 1.29 is 4.42 Å². The second kappa shape index (κ2) is 5.09. The maximum atomic E-state index is 5.53. The molecule has 0 amide bonds. The van der Waals surface area contributed by atoms with Gasteiger partial charge < -0.3 is 15.5 Å². The zero-order valence-electron chi connectivity index (χ0n) is 9.44. The summed E-state index contributed by atoms with van der Waals surface area (Å²) < 4.78 is 5.29. The monoisotopic (exact) mass is 219 g/mol. The first-order chi connectivity index (χ1) is 7.85. The Hall–Kier alpha value is -1.39. The van der Waals surface area contributed by atoms with Crippen LogP contribution < -0.4 is 11.1 Å². The van der Waals surface area contributed by atoms with Gasteiger partial charge in [-0.15, -0.1) is 0 Å². The number of hydrogen-bond donors (Lipinski definition) is 2. The fourth-order valence-corrected chi connectivity index (χ4v) is 1.89. The number of aromatic nitrogens is 1. The Labute approximate surface area is 94.8 Å². The summed E-state index contributed by atoms with van der Waals surface area (Å²) in [5.74, 6) is 0. The summed E-state index contributed by atoms with van der Waals surface area (Å²) in [6.07, 6.45) is 3.52. The van der Waals surface area contributed by atoms with E-state index >= 15 is 0 Å². The van der Waals surface area contributed by atoms with Gasteiger partial charge in [-0.25, -0.2) is 4.98 Å². The van der Waals surface area contributed by atoms with E-state index in [0.29, 0.717) is 6.04 Å². The number of benzene rings is 1. The van der Waals surface area contributed by atoms with E-state index in [1.54, 1.807) is 0 Å². The largest absolute Gasteiger partial charge is 0.443 e. The van der Waals surface area contributed by atoms with Gasteiger partial charge >= 0.3 is 0 Å². The Balaban J connectivity index is 2.22. The molecule has 0 aliphatic rings.